The van der Waals surface area contributed by atoms with Gasteiger partial charge in [0.05, 0.1) is 0 Å². The molecule has 1 rings (SSSR count). The zero-order chi connectivity index (χ0) is 18.3. The second kappa shape index (κ2) is 8.71. The van der Waals surface area contributed by atoms with E-state index in [4.69, 9.17) is 17.4 Å². The Hall–Kier alpha value is -2.83. The van der Waals surface area contributed by atoms with Gasteiger partial charge in [0.25, 0.3) is 0 Å². The lowest BCUT2D eigenvalue weighted by molar-refractivity contribution is 0.435. The number of benzene rings is 1. The van der Waals surface area contributed by atoms with Crippen LogP contribution in [0.4, 0.5) is 4.39 Å². The lowest BCUT2D eigenvalue weighted by atomic mass is 9.93. The van der Waals surface area contributed by atoms with E-state index in [1.165, 1.54) is 22.2 Å². The van der Waals surface area contributed by atoms with Crippen molar-refractivity contribution < 1.29 is 4.39 Å². The summed E-state index contributed by atoms with van der Waals surface area (Å²) in [6, 6.07) is 6.05. The van der Waals surface area contributed by atoms with Crippen molar-refractivity contribution in [3.05, 3.63) is 90.2 Å². The second-order valence-corrected chi connectivity index (χ2v) is 5.23. The number of nitrogens with two attached hydrogens (primary N) is 3. The lowest BCUT2D eigenvalue weighted by Gasteiger charge is -2.18. The predicted molar refractivity (Wildman–Crippen MR) is 98.0 cm³/mol. The van der Waals surface area contributed by atoms with Crippen LogP contribution >= 0.6 is 0 Å². The largest absolute Gasteiger partial charge is 0.384 e. The van der Waals surface area contributed by atoms with Gasteiger partial charge in [0.15, 0.2) is 0 Å². The average molecular weight is 329 g/mol. The Bertz CT molecular complexity index is 682. The summed E-state index contributed by atoms with van der Waals surface area (Å²) in [5.74, 6) is 11.5. The van der Waals surface area contributed by atoms with E-state index in [0.29, 0.717) is 22.5 Å². The summed E-state index contributed by atoms with van der Waals surface area (Å²) in [4.78, 5) is 0. The highest BCUT2D eigenvalue weighted by Gasteiger charge is 2.11. The fourth-order valence-electron chi connectivity index (χ4n) is 1.94. The van der Waals surface area contributed by atoms with Crippen molar-refractivity contribution >= 4 is 5.57 Å². The molecular weight excluding hydrogens is 305 g/mol. The summed E-state index contributed by atoms with van der Waals surface area (Å²) in [7, 11) is 3.32. The van der Waals surface area contributed by atoms with E-state index in [2.05, 4.69) is 13.2 Å². The molecule has 0 radical (unpaired) electrons. The molecule has 0 atom stereocenters. The van der Waals surface area contributed by atoms with E-state index in [1.54, 1.807) is 50.7 Å². The van der Waals surface area contributed by atoms with Crippen molar-refractivity contribution in [3.63, 3.8) is 0 Å². The van der Waals surface area contributed by atoms with Gasteiger partial charge in [0.1, 0.15) is 11.6 Å². The Kier molecular flexibility index (Phi) is 6.98. The van der Waals surface area contributed by atoms with Crippen LogP contribution < -0.4 is 17.4 Å². The molecule has 6 N–H and O–H groups in total. The van der Waals surface area contributed by atoms with E-state index >= 15 is 0 Å². The Morgan fingerprint density at radius 1 is 1.17 bits per heavy atom. The molecule has 0 aliphatic carbocycles. The van der Waals surface area contributed by atoms with Crippen LogP contribution in [0.2, 0.25) is 0 Å². The number of hydrogen-bond acceptors (Lipinski definition) is 5. The van der Waals surface area contributed by atoms with Crippen LogP contribution in [0.5, 0.6) is 0 Å². The first-order valence-corrected chi connectivity index (χ1v) is 7.19. The summed E-state index contributed by atoms with van der Waals surface area (Å²) in [6.07, 6.45) is 6.77. The van der Waals surface area contributed by atoms with Gasteiger partial charge in [0.2, 0.25) is 0 Å². The van der Waals surface area contributed by atoms with Crippen molar-refractivity contribution in [2.45, 2.75) is 0 Å². The molecule has 5 nitrogen and oxygen atoms in total. The van der Waals surface area contributed by atoms with Gasteiger partial charge in [-0.15, -0.1) is 0 Å². The van der Waals surface area contributed by atoms with Crippen LogP contribution in [0.25, 0.3) is 5.57 Å². The van der Waals surface area contributed by atoms with Crippen LogP contribution in [-0.4, -0.2) is 24.1 Å². The molecule has 0 amide bonds. The molecule has 0 bridgehead atoms. The van der Waals surface area contributed by atoms with Gasteiger partial charge < -0.3 is 10.7 Å². The van der Waals surface area contributed by atoms with E-state index in [1.807, 2.05) is 0 Å². The van der Waals surface area contributed by atoms with Crippen LogP contribution in [0.3, 0.4) is 0 Å². The molecule has 0 saturated carbocycles. The summed E-state index contributed by atoms with van der Waals surface area (Å²) >= 11 is 0. The zero-order valence-corrected chi connectivity index (χ0v) is 14.0. The smallest absolute Gasteiger partial charge is 0.123 e. The van der Waals surface area contributed by atoms with Crippen molar-refractivity contribution in [3.8, 4) is 0 Å². The maximum absolute atomic E-state index is 13.2. The fourth-order valence-corrected chi connectivity index (χ4v) is 1.94. The van der Waals surface area contributed by atoms with Crippen LogP contribution in [0, 0.1) is 5.82 Å². The van der Waals surface area contributed by atoms with Gasteiger partial charge in [-0.1, -0.05) is 37.4 Å². The summed E-state index contributed by atoms with van der Waals surface area (Å²) in [5.41, 5.74) is 8.74. The number of hydrazine groups is 2. The minimum atomic E-state index is -0.316. The number of halogens is 1. The van der Waals surface area contributed by atoms with Crippen LogP contribution in [0.1, 0.15) is 5.56 Å². The van der Waals surface area contributed by atoms with Gasteiger partial charge in [-0.2, -0.15) is 0 Å². The number of hydrogen-bond donors (Lipinski definition) is 3. The van der Waals surface area contributed by atoms with Crippen molar-refractivity contribution in [1.29, 1.82) is 0 Å². The van der Waals surface area contributed by atoms with Gasteiger partial charge in [-0.25, -0.2) is 16.1 Å². The van der Waals surface area contributed by atoms with E-state index < -0.39 is 0 Å². The Labute approximate surface area is 142 Å². The lowest BCUT2D eigenvalue weighted by Crippen LogP contribution is -2.30. The molecular formula is C18H24FN5. The summed E-state index contributed by atoms with van der Waals surface area (Å²) in [6.45, 7) is 7.82. The topological polar surface area (TPSA) is 84.5 Å². The standard InChI is InChI=1S/C18H24FN5/c1-5-6-15(11-18(20)24(4)22)17(12-23(3)21)13(2)14-7-9-16(19)10-8-14/h5-12H,1-2,20-22H2,3-4H3/b15-6+,17-12+,18-11+. The molecule has 6 heteroatoms. The van der Waals surface area contributed by atoms with Gasteiger partial charge >= 0.3 is 0 Å². The quantitative estimate of drug-likeness (QED) is 0.406. The Morgan fingerprint density at radius 3 is 2.21 bits per heavy atom. The van der Waals surface area contributed by atoms with Gasteiger partial charge in [-0.3, -0.25) is 5.01 Å². The molecule has 0 fully saturated rings. The molecule has 1 aromatic carbocycles. The summed E-state index contributed by atoms with van der Waals surface area (Å²) < 4.78 is 13.2. The first kappa shape index (κ1) is 19.2. The van der Waals surface area contributed by atoms with Crippen molar-refractivity contribution in [2.75, 3.05) is 14.1 Å². The SMILES string of the molecule is C=C/C=C(\C=C(/N)N(C)N)C(=C/N(C)N)/C(=C)c1ccc(F)cc1. The van der Waals surface area contributed by atoms with Crippen LogP contribution in [0.15, 0.2) is 78.8 Å². The van der Waals surface area contributed by atoms with E-state index in [0.717, 1.165) is 5.56 Å². The molecule has 0 aliphatic rings. The highest BCUT2D eigenvalue weighted by molar-refractivity contribution is 5.83. The third kappa shape index (κ3) is 5.42. The molecule has 0 unspecified atom stereocenters. The molecule has 0 aromatic heterocycles. The average Bonchev–Trinajstić information content (AvgIpc) is 2.52. The molecule has 0 heterocycles. The zero-order valence-electron chi connectivity index (χ0n) is 14.0. The molecule has 1 aromatic rings. The maximum atomic E-state index is 13.2. The highest BCUT2D eigenvalue weighted by atomic mass is 19.1. The Balaban J connectivity index is 3.41. The third-order valence-corrected chi connectivity index (χ3v) is 3.17. The van der Waals surface area contributed by atoms with Crippen LogP contribution in [-0.2, 0) is 0 Å². The van der Waals surface area contributed by atoms with Crippen molar-refractivity contribution in [1.82, 2.24) is 10.0 Å². The first-order chi connectivity index (χ1) is 11.3. The third-order valence-electron chi connectivity index (χ3n) is 3.17. The van der Waals surface area contributed by atoms with E-state index in [9.17, 15) is 4.39 Å². The molecule has 0 aliphatic heterocycles. The number of rotatable bonds is 7. The molecule has 128 valence electrons. The molecule has 24 heavy (non-hydrogen) atoms. The fraction of sp³-hybridized carbons (Fsp3) is 0.111. The predicted octanol–water partition coefficient (Wildman–Crippen LogP) is 2.25. The highest BCUT2D eigenvalue weighted by Crippen LogP contribution is 2.28. The summed E-state index contributed by atoms with van der Waals surface area (Å²) in [5, 5.41) is 2.69. The van der Waals surface area contributed by atoms with Crippen molar-refractivity contribution in [2.24, 2.45) is 17.4 Å². The minimum Gasteiger partial charge on any atom is -0.384 e. The first-order valence-electron chi connectivity index (χ1n) is 7.19. The van der Waals surface area contributed by atoms with Gasteiger partial charge in [0, 0.05) is 25.9 Å². The Morgan fingerprint density at radius 2 is 1.75 bits per heavy atom. The van der Waals surface area contributed by atoms with Gasteiger partial charge in [-0.05, 0) is 34.9 Å². The van der Waals surface area contributed by atoms with E-state index in [-0.39, 0.29) is 5.82 Å². The normalized spacial score (nSPS) is 12.8. The number of allylic oxidation sites excluding steroid dienone is 6. The maximum Gasteiger partial charge on any atom is 0.123 e. The molecule has 0 spiro atoms. The number of nitrogens with zero attached hydrogens (tertiary/aromatic N) is 2. The second-order valence-electron chi connectivity index (χ2n) is 5.23. The minimum absolute atomic E-state index is 0.316. The monoisotopic (exact) mass is 329 g/mol. The molecule has 0 saturated heterocycles.